The smallest absolute Gasteiger partial charge is 0.242 e. The molecule has 0 aliphatic heterocycles. The topological polar surface area (TPSA) is 49.4 Å². The quantitative estimate of drug-likeness (QED) is 0.802. The van der Waals surface area contributed by atoms with E-state index in [0.717, 1.165) is 0 Å². The molecule has 1 unspecified atom stereocenters. The number of hydrogen-bond acceptors (Lipinski definition) is 2. The van der Waals surface area contributed by atoms with Gasteiger partial charge < -0.3 is 10.2 Å². The molecule has 2 amide bonds. The second-order valence-corrected chi connectivity index (χ2v) is 7.70. The van der Waals surface area contributed by atoms with Crippen LogP contribution in [0, 0.1) is 0 Å². The molecule has 0 saturated carbocycles. The average molecular weight is 373 g/mol. The fourth-order valence-electron chi connectivity index (χ4n) is 2.27. The van der Waals surface area contributed by atoms with Crippen molar-refractivity contribution in [2.24, 2.45) is 0 Å². The molecule has 134 valence electrons. The number of nitrogens with zero attached hydrogens (tertiary/aromatic N) is 1. The van der Waals surface area contributed by atoms with Crippen LogP contribution >= 0.6 is 23.2 Å². The summed E-state index contributed by atoms with van der Waals surface area (Å²) in [6.45, 7) is 9.57. The van der Waals surface area contributed by atoms with E-state index >= 15 is 0 Å². The van der Waals surface area contributed by atoms with Gasteiger partial charge in [-0.1, -0.05) is 36.2 Å². The molecule has 6 heteroatoms. The third kappa shape index (κ3) is 5.99. The van der Waals surface area contributed by atoms with Gasteiger partial charge in [0.15, 0.2) is 0 Å². The summed E-state index contributed by atoms with van der Waals surface area (Å²) in [4.78, 5) is 26.6. The van der Waals surface area contributed by atoms with Gasteiger partial charge in [0.05, 0.1) is 0 Å². The van der Waals surface area contributed by atoms with E-state index in [4.69, 9.17) is 23.2 Å². The highest BCUT2D eigenvalue weighted by atomic mass is 35.5. The zero-order chi connectivity index (χ0) is 18.5. The fraction of sp³-hybridized carbons (Fsp3) is 0.556. The number of amides is 2. The minimum atomic E-state index is -0.615. The number of hydrogen-bond donors (Lipinski definition) is 1. The van der Waals surface area contributed by atoms with Gasteiger partial charge in [-0.2, -0.15) is 0 Å². The molecule has 0 aliphatic carbocycles. The molecular weight excluding hydrogens is 347 g/mol. The van der Waals surface area contributed by atoms with Crippen molar-refractivity contribution in [2.75, 3.05) is 0 Å². The van der Waals surface area contributed by atoms with Crippen LogP contribution in [0.25, 0.3) is 0 Å². The largest absolute Gasteiger partial charge is 0.350 e. The van der Waals surface area contributed by atoms with Crippen LogP contribution in [0.2, 0.25) is 10.0 Å². The van der Waals surface area contributed by atoms with Crippen LogP contribution in [0.4, 0.5) is 0 Å². The Kier molecular flexibility index (Phi) is 7.56. The van der Waals surface area contributed by atoms with Crippen molar-refractivity contribution in [2.45, 2.75) is 65.6 Å². The van der Waals surface area contributed by atoms with E-state index in [0.29, 0.717) is 28.5 Å². The van der Waals surface area contributed by atoms with Gasteiger partial charge in [-0.25, -0.2) is 0 Å². The van der Waals surface area contributed by atoms with Gasteiger partial charge in [-0.15, -0.1) is 0 Å². The van der Waals surface area contributed by atoms with E-state index < -0.39 is 6.04 Å². The molecule has 0 heterocycles. The van der Waals surface area contributed by atoms with Crippen LogP contribution in [0.1, 0.15) is 53.0 Å². The highest BCUT2D eigenvalue weighted by molar-refractivity contribution is 6.36. The molecule has 1 aromatic carbocycles. The first-order valence-corrected chi connectivity index (χ1v) is 8.86. The van der Waals surface area contributed by atoms with E-state index in [-0.39, 0.29) is 23.9 Å². The third-order valence-corrected chi connectivity index (χ3v) is 4.23. The molecule has 0 spiro atoms. The SMILES string of the molecule is CCCC(=O)N(Cc1c(Cl)cccc1Cl)C(C)C(=O)NC(C)(C)C. The van der Waals surface area contributed by atoms with Gasteiger partial charge >= 0.3 is 0 Å². The van der Waals surface area contributed by atoms with Crippen LogP contribution in [0.15, 0.2) is 18.2 Å². The van der Waals surface area contributed by atoms with Crippen molar-refractivity contribution >= 4 is 35.0 Å². The Morgan fingerprint density at radius 3 is 2.21 bits per heavy atom. The maximum Gasteiger partial charge on any atom is 0.242 e. The van der Waals surface area contributed by atoms with Crippen LogP contribution in [-0.2, 0) is 16.1 Å². The molecule has 0 radical (unpaired) electrons. The van der Waals surface area contributed by atoms with E-state index in [1.807, 2.05) is 27.7 Å². The lowest BCUT2D eigenvalue weighted by Gasteiger charge is -2.32. The van der Waals surface area contributed by atoms with Crippen LogP contribution in [0.5, 0.6) is 0 Å². The van der Waals surface area contributed by atoms with Gasteiger partial charge in [0.2, 0.25) is 11.8 Å². The summed E-state index contributed by atoms with van der Waals surface area (Å²) in [5, 5.41) is 3.89. The predicted molar refractivity (Wildman–Crippen MR) is 99.3 cm³/mol. The lowest BCUT2D eigenvalue weighted by atomic mass is 10.1. The summed E-state index contributed by atoms with van der Waals surface area (Å²) in [5.74, 6) is -0.292. The molecule has 1 N–H and O–H groups in total. The molecular formula is C18H26Cl2N2O2. The van der Waals surface area contributed by atoms with Gasteiger partial charge in [0, 0.05) is 34.1 Å². The zero-order valence-electron chi connectivity index (χ0n) is 15.0. The maximum absolute atomic E-state index is 12.5. The number of carbonyl (C=O) groups is 2. The van der Waals surface area contributed by atoms with Gasteiger partial charge in [-0.05, 0) is 46.2 Å². The molecule has 24 heavy (non-hydrogen) atoms. The Balaban J connectivity index is 3.08. The Hall–Kier alpha value is -1.26. The number of carbonyl (C=O) groups excluding carboxylic acids is 2. The highest BCUT2D eigenvalue weighted by Gasteiger charge is 2.28. The monoisotopic (exact) mass is 372 g/mol. The molecule has 1 atom stereocenters. The molecule has 1 aromatic rings. The Morgan fingerprint density at radius 1 is 1.21 bits per heavy atom. The number of nitrogens with one attached hydrogen (secondary N) is 1. The van der Waals surface area contributed by atoms with E-state index in [9.17, 15) is 9.59 Å². The van der Waals surface area contributed by atoms with Crippen molar-refractivity contribution in [3.63, 3.8) is 0 Å². The van der Waals surface area contributed by atoms with Crippen molar-refractivity contribution in [1.82, 2.24) is 10.2 Å². The summed E-state index contributed by atoms with van der Waals surface area (Å²) < 4.78 is 0. The van der Waals surface area contributed by atoms with E-state index in [1.54, 1.807) is 25.1 Å². The summed E-state index contributed by atoms with van der Waals surface area (Å²) >= 11 is 12.4. The van der Waals surface area contributed by atoms with Crippen molar-refractivity contribution in [3.8, 4) is 0 Å². The standard InChI is InChI=1S/C18H26Cl2N2O2/c1-6-8-16(23)22(12(2)17(24)21-18(3,4)5)11-13-14(19)9-7-10-15(13)20/h7,9-10,12H,6,8,11H2,1-5H3,(H,21,24). The number of rotatable bonds is 6. The van der Waals surface area contributed by atoms with Gasteiger partial charge in [0.25, 0.3) is 0 Å². The van der Waals surface area contributed by atoms with Crippen molar-refractivity contribution < 1.29 is 9.59 Å². The Bertz CT molecular complexity index is 577. The predicted octanol–water partition coefficient (Wildman–Crippen LogP) is 4.43. The van der Waals surface area contributed by atoms with E-state index in [1.165, 1.54) is 4.90 Å². The summed E-state index contributed by atoms with van der Waals surface area (Å²) in [6.07, 6.45) is 1.08. The first-order valence-electron chi connectivity index (χ1n) is 8.11. The number of halogens is 2. The van der Waals surface area contributed by atoms with Crippen molar-refractivity contribution in [3.05, 3.63) is 33.8 Å². The average Bonchev–Trinajstić information content (AvgIpc) is 2.44. The highest BCUT2D eigenvalue weighted by Crippen LogP contribution is 2.27. The molecule has 0 saturated heterocycles. The Morgan fingerprint density at radius 2 is 1.75 bits per heavy atom. The molecule has 0 aliphatic rings. The first-order chi connectivity index (χ1) is 11.1. The summed E-state index contributed by atoms with van der Waals surface area (Å²) in [6, 6.07) is 4.59. The van der Waals surface area contributed by atoms with Crippen LogP contribution < -0.4 is 5.32 Å². The maximum atomic E-state index is 12.5. The van der Waals surface area contributed by atoms with E-state index in [2.05, 4.69) is 5.32 Å². The summed E-state index contributed by atoms with van der Waals surface area (Å²) in [5.41, 5.74) is 0.285. The molecule has 0 aromatic heterocycles. The summed E-state index contributed by atoms with van der Waals surface area (Å²) in [7, 11) is 0. The van der Waals surface area contributed by atoms with Gasteiger partial charge in [-0.3, -0.25) is 9.59 Å². The molecule has 0 bridgehead atoms. The number of benzene rings is 1. The van der Waals surface area contributed by atoms with Gasteiger partial charge in [0.1, 0.15) is 6.04 Å². The second-order valence-electron chi connectivity index (χ2n) is 6.89. The molecule has 1 rings (SSSR count). The second kappa shape index (κ2) is 8.72. The van der Waals surface area contributed by atoms with Crippen LogP contribution in [0.3, 0.4) is 0 Å². The fourth-order valence-corrected chi connectivity index (χ4v) is 2.78. The molecule has 4 nitrogen and oxygen atoms in total. The lowest BCUT2D eigenvalue weighted by molar-refractivity contribution is -0.141. The zero-order valence-corrected chi connectivity index (χ0v) is 16.5. The normalized spacial score (nSPS) is 12.6. The lowest BCUT2D eigenvalue weighted by Crippen LogP contribution is -2.52. The Labute approximate surface area is 154 Å². The van der Waals surface area contributed by atoms with Crippen molar-refractivity contribution in [1.29, 1.82) is 0 Å². The third-order valence-electron chi connectivity index (χ3n) is 3.52. The minimum Gasteiger partial charge on any atom is -0.350 e. The first kappa shape index (κ1) is 20.8. The van der Waals surface area contributed by atoms with Crippen LogP contribution in [-0.4, -0.2) is 28.3 Å². The minimum absolute atomic E-state index is 0.0926. The molecule has 0 fully saturated rings.